The van der Waals surface area contributed by atoms with Gasteiger partial charge in [0.05, 0.1) is 18.2 Å². The van der Waals surface area contributed by atoms with Crippen molar-refractivity contribution in [1.29, 1.82) is 0 Å². The number of ether oxygens (including phenoxy) is 1. The van der Waals surface area contributed by atoms with E-state index in [9.17, 15) is 4.79 Å². The normalized spacial score (nSPS) is 17.8. The van der Waals surface area contributed by atoms with E-state index in [1.807, 2.05) is 24.3 Å². The molecule has 104 valence electrons. The Morgan fingerprint density at radius 1 is 1.32 bits per heavy atom. The SMILES string of the molecule is COc1ccccc1NC(=O)C1(CN)CCCCC1. The molecule has 0 heterocycles. The number of nitrogens with one attached hydrogen (secondary N) is 1. The molecule has 0 aromatic heterocycles. The molecule has 1 saturated carbocycles. The number of hydrogen-bond donors (Lipinski definition) is 2. The van der Waals surface area contributed by atoms with Gasteiger partial charge in [-0.05, 0) is 25.0 Å². The zero-order valence-corrected chi connectivity index (χ0v) is 11.4. The van der Waals surface area contributed by atoms with Gasteiger partial charge in [-0.1, -0.05) is 31.4 Å². The Bertz CT molecular complexity index is 440. The van der Waals surface area contributed by atoms with E-state index in [2.05, 4.69) is 5.32 Å². The van der Waals surface area contributed by atoms with Crippen LogP contribution in [0.1, 0.15) is 32.1 Å². The van der Waals surface area contributed by atoms with Crippen molar-refractivity contribution in [2.75, 3.05) is 19.0 Å². The molecule has 1 amide bonds. The summed E-state index contributed by atoms with van der Waals surface area (Å²) in [5.74, 6) is 0.707. The summed E-state index contributed by atoms with van der Waals surface area (Å²) < 4.78 is 5.25. The first kappa shape index (κ1) is 13.9. The average molecular weight is 262 g/mol. The monoisotopic (exact) mass is 262 g/mol. The predicted octanol–water partition coefficient (Wildman–Crippen LogP) is 2.54. The number of benzene rings is 1. The van der Waals surface area contributed by atoms with Crippen molar-refractivity contribution < 1.29 is 9.53 Å². The van der Waals surface area contributed by atoms with Crippen LogP contribution < -0.4 is 15.8 Å². The molecule has 1 aliphatic carbocycles. The van der Waals surface area contributed by atoms with E-state index in [0.29, 0.717) is 18.0 Å². The van der Waals surface area contributed by atoms with Crippen LogP contribution in [0.3, 0.4) is 0 Å². The van der Waals surface area contributed by atoms with Gasteiger partial charge in [0.1, 0.15) is 5.75 Å². The molecule has 4 nitrogen and oxygen atoms in total. The summed E-state index contributed by atoms with van der Waals surface area (Å²) in [5, 5.41) is 2.98. The molecule has 4 heteroatoms. The van der Waals surface area contributed by atoms with Gasteiger partial charge in [0.25, 0.3) is 0 Å². The van der Waals surface area contributed by atoms with Gasteiger partial charge < -0.3 is 15.8 Å². The van der Waals surface area contributed by atoms with Gasteiger partial charge in [-0.3, -0.25) is 4.79 Å². The molecule has 2 rings (SSSR count). The number of carbonyl (C=O) groups excluding carboxylic acids is 1. The highest BCUT2D eigenvalue weighted by molar-refractivity contribution is 5.96. The third-order valence-electron chi connectivity index (χ3n) is 4.04. The predicted molar refractivity (Wildman–Crippen MR) is 76.2 cm³/mol. The van der Waals surface area contributed by atoms with Crippen molar-refractivity contribution >= 4 is 11.6 Å². The highest BCUT2D eigenvalue weighted by atomic mass is 16.5. The third-order valence-corrected chi connectivity index (χ3v) is 4.04. The van der Waals surface area contributed by atoms with Crippen molar-refractivity contribution in [3.05, 3.63) is 24.3 Å². The minimum absolute atomic E-state index is 0.0270. The zero-order chi connectivity index (χ0) is 13.7. The van der Waals surface area contributed by atoms with Crippen LogP contribution in [0.4, 0.5) is 5.69 Å². The smallest absolute Gasteiger partial charge is 0.231 e. The molecule has 0 radical (unpaired) electrons. The summed E-state index contributed by atoms with van der Waals surface area (Å²) in [5.41, 5.74) is 6.18. The van der Waals surface area contributed by atoms with Crippen LogP contribution in [0.15, 0.2) is 24.3 Å². The second-order valence-corrected chi connectivity index (χ2v) is 5.20. The Morgan fingerprint density at radius 2 is 2.00 bits per heavy atom. The molecule has 0 aliphatic heterocycles. The fourth-order valence-corrected chi connectivity index (χ4v) is 2.76. The first-order valence-electron chi connectivity index (χ1n) is 6.86. The summed E-state index contributed by atoms with van der Waals surface area (Å²) >= 11 is 0. The second-order valence-electron chi connectivity index (χ2n) is 5.20. The lowest BCUT2D eigenvalue weighted by atomic mass is 9.73. The lowest BCUT2D eigenvalue weighted by molar-refractivity contribution is -0.126. The van der Waals surface area contributed by atoms with Crippen molar-refractivity contribution in [2.24, 2.45) is 11.1 Å². The van der Waals surface area contributed by atoms with Gasteiger partial charge in [-0.15, -0.1) is 0 Å². The molecule has 0 bridgehead atoms. The number of anilines is 1. The van der Waals surface area contributed by atoms with Crippen molar-refractivity contribution in [1.82, 2.24) is 0 Å². The number of methoxy groups -OCH3 is 1. The molecular weight excluding hydrogens is 240 g/mol. The molecule has 0 atom stereocenters. The van der Waals surface area contributed by atoms with E-state index in [0.717, 1.165) is 25.7 Å². The Balaban J connectivity index is 2.15. The van der Waals surface area contributed by atoms with Crippen LogP contribution in [0.5, 0.6) is 5.75 Å². The lowest BCUT2D eigenvalue weighted by Crippen LogP contribution is -2.43. The highest BCUT2D eigenvalue weighted by Crippen LogP contribution is 2.37. The highest BCUT2D eigenvalue weighted by Gasteiger charge is 2.38. The Hall–Kier alpha value is -1.55. The number of carbonyl (C=O) groups is 1. The Labute approximate surface area is 114 Å². The Morgan fingerprint density at radius 3 is 2.63 bits per heavy atom. The molecule has 19 heavy (non-hydrogen) atoms. The van der Waals surface area contributed by atoms with Crippen LogP contribution >= 0.6 is 0 Å². The zero-order valence-electron chi connectivity index (χ0n) is 11.4. The molecule has 3 N–H and O–H groups in total. The minimum atomic E-state index is -0.404. The van der Waals surface area contributed by atoms with E-state index in [1.54, 1.807) is 7.11 Å². The van der Waals surface area contributed by atoms with Crippen LogP contribution in [0.25, 0.3) is 0 Å². The van der Waals surface area contributed by atoms with E-state index < -0.39 is 5.41 Å². The maximum absolute atomic E-state index is 12.5. The van der Waals surface area contributed by atoms with E-state index in [1.165, 1.54) is 6.42 Å². The van der Waals surface area contributed by atoms with Gasteiger partial charge in [0.2, 0.25) is 5.91 Å². The van der Waals surface area contributed by atoms with Crippen molar-refractivity contribution in [2.45, 2.75) is 32.1 Å². The van der Waals surface area contributed by atoms with Gasteiger partial charge in [-0.2, -0.15) is 0 Å². The molecule has 1 fully saturated rings. The summed E-state index contributed by atoms with van der Waals surface area (Å²) in [6.07, 6.45) is 5.12. The minimum Gasteiger partial charge on any atom is -0.495 e. The first-order valence-corrected chi connectivity index (χ1v) is 6.86. The molecule has 1 aromatic rings. The maximum atomic E-state index is 12.5. The van der Waals surface area contributed by atoms with Crippen LogP contribution in [0, 0.1) is 5.41 Å². The standard InChI is InChI=1S/C15H22N2O2/c1-19-13-8-4-3-7-12(13)17-14(18)15(11-16)9-5-2-6-10-15/h3-4,7-8H,2,5-6,9-11,16H2,1H3,(H,17,18). The maximum Gasteiger partial charge on any atom is 0.231 e. The Kier molecular flexibility index (Phi) is 4.43. The van der Waals surface area contributed by atoms with Crippen LogP contribution in [-0.4, -0.2) is 19.6 Å². The molecule has 0 spiro atoms. The fourth-order valence-electron chi connectivity index (χ4n) is 2.76. The van der Waals surface area contributed by atoms with Crippen molar-refractivity contribution in [3.63, 3.8) is 0 Å². The number of hydrogen-bond acceptors (Lipinski definition) is 3. The lowest BCUT2D eigenvalue weighted by Gasteiger charge is -2.34. The number of nitrogens with two attached hydrogens (primary N) is 1. The van der Waals surface area contributed by atoms with E-state index in [-0.39, 0.29) is 5.91 Å². The van der Waals surface area contributed by atoms with Gasteiger partial charge in [0.15, 0.2) is 0 Å². The van der Waals surface area contributed by atoms with Crippen molar-refractivity contribution in [3.8, 4) is 5.75 Å². The van der Waals surface area contributed by atoms with Crippen LogP contribution in [-0.2, 0) is 4.79 Å². The van der Waals surface area contributed by atoms with Crippen LogP contribution in [0.2, 0.25) is 0 Å². The molecular formula is C15H22N2O2. The molecule has 0 saturated heterocycles. The molecule has 1 aliphatic rings. The second kappa shape index (κ2) is 6.06. The van der Waals surface area contributed by atoms with E-state index >= 15 is 0 Å². The number of amides is 1. The van der Waals surface area contributed by atoms with Gasteiger partial charge >= 0.3 is 0 Å². The summed E-state index contributed by atoms with van der Waals surface area (Å²) in [7, 11) is 1.60. The van der Waals surface area contributed by atoms with E-state index in [4.69, 9.17) is 10.5 Å². The summed E-state index contributed by atoms with van der Waals surface area (Å²) in [6, 6.07) is 7.46. The molecule has 1 aromatic carbocycles. The first-order chi connectivity index (χ1) is 9.22. The number of rotatable bonds is 4. The molecule has 0 unspecified atom stereocenters. The fraction of sp³-hybridized carbons (Fsp3) is 0.533. The quantitative estimate of drug-likeness (QED) is 0.876. The number of para-hydroxylation sites is 2. The van der Waals surface area contributed by atoms with Gasteiger partial charge in [-0.25, -0.2) is 0 Å². The largest absolute Gasteiger partial charge is 0.495 e. The van der Waals surface area contributed by atoms with Gasteiger partial charge in [0, 0.05) is 6.54 Å². The average Bonchev–Trinajstić information content (AvgIpc) is 2.48. The third kappa shape index (κ3) is 2.89. The summed E-state index contributed by atoms with van der Waals surface area (Å²) in [6.45, 7) is 0.411. The topological polar surface area (TPSA) is 64.3 Å². The summed E-state index contributed by atoms with van der Waals surface area (Å²) in [4.78, 5) is 12.5.